The number of nitrogens with one attached hydrogen (secondary N) is 2. The van der Waals surface area contributed by atoms with Gasteiger partial charge in [-0.1, -0.05) is 6.07 Å². The highest BCUT2D eigenvalue weighted by atomic mass is 32.1. The lowest BCUT2D eigenvalue weighted by atomic mass is 10.2. The van der Waals surface area contributed by atoms with Crippen LogP contribution in [0.5, 0.6) is 11.5 Å². The van der Waals surface area contributed by atoms with E-state index in [4.69, 9.17) is 21.7 Å². The van der Waals surface area contributed by atoms with Crippen molar-refractivity contribution in [2.45, 2.75) is 25.9 Å². The van der Waals surface area contributed by atoms with E-state index in [1.54, 1.807) is 24.5 Å². The molecule has 1 aliphatic heterocycles. The Kier molecular flexibility index (Phi) is 5.07. The smallest absolute Gasteiger partial charge is 0.262 e. The summed E-state index contributed by atoms with van der Waals surface area (Å²) in [5, 5.41) is 3.31. The van der Waals surface area contributed by atoms with Crippen molar-refractivity contribution in [3.8, 4) is 11.5 Å². The van der Waals surface area contributed by atoms with Crippen molar-refractivity contribution in [3.63, 3.8) is 0 Å². The summed E-state index contributed by atoms with van der Waals surface area (Å²) in [6.45, 7) is 0.906. The lowest BCUT2D eigenvalue weighted by molar-refractivity contribution is -0.121. The molecule has 1 amide bonds. The van der Waals surface area contributed by atoms with Gasteiger partial charge in [-0.15, -0.1) is 0 Å². The van der Waals surface area contributed by atoms with Crippen LogP contribution in [0.4, 0.5) is 0 Å². The molecule has 3 aromatic rings. The molecule has 0 aliphatic carbocycles. The van der Waals surface area contributed by atoms with Gasteiger partial charge in [0.2, 0.25) is 12.7 Å². The standard InChI is InChI=1S/C19H18N4O4S/c24-17(21-10-12-3-1-5-20-9-12)4-2-6-23-18(25)13-7-15-16(27-11-26-15)8-14(13)22-19(23)28/h1,3,5,7-9H,2,4,6,10-11H2,(H,21,24)(H,22,28). The molecule has 4 rings (SSSR count). The molecule has 0 spiro atoms. The zero-order valence-electron chi connectivity index (χ0n) is 14.9. The van der Waals surface area contributed by atoms with E-state index in [1.807, 2.05) is 12.1 Å². The molecule has 9 heteroatoms. The van der Waals surface area contributed by atoms with E-state index in [2.05, 4.69) is 15.3 Å². The summed E-state index contributed by atoms with van der Waals surface area (Å²) in [6, 6.07) is 7.09. The minimum absolute atomic E-state index is 0.0871. The van der Waals surface area contributed by atoms with Gasteiger partial charge in [0.05, 0.1) is 10.9 Å². The van der Waals surface area contributed by atoms with Gasteiger partial charge in [-0.2, -0.15) is 0 Å². The Hall–Kier alpha value is -3.20. The van der Waals surface area contributed by atoms with Crippen LogP contribution in [0, 0.1) is 4.77 Å². The number of nitrogens with zero attached hydrogens (tertiary/aromatic N) is 2. The van der Waals surface area contributed by atoms with Crippen LogP contribution in [0.3, 0.4) is 0 Å². The Labute approximate surface area is 165 Å². The van der Waals surface area contributed by atoms with Gasteiger partial charge >= 0.3 is 0 Å². The van der Waals surface area contributed by atoms with Crippen LogP contribution in [0.25, 0.3) is 10.9 Å². The van der Waals surface area contributed by atoms with Crippen molar-refractivity contribution < 1.29 is 14.3 Å². The second-order valence-corrected chi connectivity index (χ2v) is 6.77. The maximum absolute atomic E-state index is 12.8. The van der Waals surface area contributed by atoms with Gasteiger partial charge in [0.25, 0.3) is 5.56 Å². The highest BCUT2D eigenvalue weighted by Crippen LogP contribution is 2.34. The normalized spacial score (nSPS) is 12.3. The van der Waals surface area contributed by atoms with Crippen molar-refractivity contribution in [1.82, 2.24) is 19.9 Å². The Morgan fingerprint density at radius 2 is 2.14 bits per heavy atom. The van der Waals surface area contributed by atoms with Crippen LogP contribution in [0.15, 0.2) is 41.5 Å². The van der Waals surface area contributed by atoms with E-state index in [-0.39, 0.29) is 18.3 Å². The van der Waals surface area contributed by atoms with Gasteiger partial charge < -0.3 is 19.8 Å². The zero-order chi connectivity index (χ0) is 19.5. The molecule has 28 heavy (non-hydrogen) atoms. The number of H-pyrrole nitrogens is 1. The molecule has 0 fully saturated rings. The predicted octanol–water partition coefficient (Wildman–Crippen LogP) is 2.28. The number of hydrogen-bond donors (Lipinski definition) is 2. The molecule has 0 saturated heterocycles. The third-order valence-corrected chi connectivity index (χ3v) is 4.80. The first-order valence-electron chi connectivity index (χ1n) is 8.84. The molecule has 2 aromatic heterocycles. The van der Waals surface area contributed by atoms with Crippen LogP contribution in [0.1, 0.15) is 18.4 Å². The van der Waals surface area contributed by atoms with Crippen LogP contribution in [-0.2, 0) is 17.9 Å². The highest BCUT2D eigenvalue weighted by Gasteiger charge is 2.17. The van der Waals surface area contributed by atoms with E-state index >= 15 is 0 Å². The minimum Gasteiger partial charge on any atom is -0.454 e. The van der Waals surface area contributed by atoms with Crippen molar-refractivity contribution >= 4 is 29.0 Å². The van der Waals surface area contributed by atoms with Gasteiger partial charge in [-0.05, 0) is 36.3 Å². The number of pyridine rings is 1. The quantitative estimate of drug-likeness (QED) is 0.618. The van der Waals surface area contributed by atoms with Gasteiger partial charge in [-0.25, -0.2) is 0 Å². The number of hydrogen-bond acceptors (Lipinski definition) is 6. The largest absolute Gasteiger partial charge is 0.454 e. The molecule has 2 N–H and O–H groups in total. The second-order valence-electron chi connectivity index (χ2n) is 6.38. The number of carbonyl (C=O) groups excluding carboxylic acids is 1. The summed E-state index contributed by atoms with van der Waals surface area (Å²) < 4.78 is 12.4. The number of ether oxygens (including phenoxy) is 2. The summed E-state index contributed by atoms with van der Waals surface area (Å²) in [4.78, 5) is 31.9. The Morgan fingerprint density at radius 3 is 2.93 bits per heavy atom. The van der Waals surface area contributed by atoms with Gasteiger partial charge in [0.15, 0.2) is 16.3 Å². The van der Waals surface area contributed by atoms with Gasteiger partial charge in [-0.3, -0.25) is 19.1 Å². The molecule has 0 atom stereocenters. The fourth-order valence-corrected chi connectivity index (χ4v) is 3.32. The first-order valence-corrected chi connectivity index (χ1v) is 9.25. The fourth-order valence-electron chi connectivity index (χ4n) is 3.04. The van der Waals surface area contributed by atoms with Gasteiger partial charge in [0.1, 0.15) is 0 Å². The first kappa shape index (κ1) is 18.2. The zero-order valence-corrected chi connectivity index (χ0v) is 15.8. The second kappa shape index (κ2) is 7.81. The van der Waals surface area contributed by atoms with E-state index in [1.165, 1.54) is 4.57 Å². The lowest BCUT2D eigenvalue weighted by Gasteiger charge is -2.09. The number of benzene rings is 1. The maximum atomic E-state index is 12.8. The molecular weight excluding hydrogens is 380 g/mol. The number of aromatic amines is 1. The van der Waals surface area contributed by atoms with Crippen molar-refractivity contribution in [3.05, 3.63) is 57.3 Å². The van der Waals surface area contributed by atoms with Gasteiger partial charge in [0, 0.05) is 38.0 Å². The summed E-state index contributed by atoms with van der Waals surface area (Å²) in [7, 11) is 0. The monoisotopic (exact) mass is 398 g/mol. The van der Waals surface area contributed by atoms with E-state index in [9.17, 15) is 9.59 Å². The third-order valence-electron chi connectivity index (χ3n) is 4.47. The Bertz CT molecular complexity index is 1140. The first-order chi connectivity index (χ1) is 13.6. The average molecular weight is 398 g/mol. The molecule has 1 aromatic carbocycles. The third kappa shape index (κ3) is 3.74. The maximum Gasteiger partial charge on any atom is 0.262 e. The minimum atomic E-state index is -0.215. The fraction of sp³-hybridized carbons (Fsp3) is 0.263. The summed E-state index contributed by atoms with van der Waals surface area (Å²) in [6.07, 6.45) is 4.18. The summed E-state index contributed by atoms with van der Waals surface area (Å²) >= 11 is 5.32. The average Bonchev–Trinajstić information content (AvgIpc) is 3.16. The van der Waals surface area contributed by atoms with E-state index < -0.39 is 0 Å². The molecule has 144 valence electrons. The summed E-state index contributed by atoms with van der Waals surface area (Å²) in [5.41, 5.74) is 1.32. The van der Waals surface area contributed by atoms with Crippen LogP contribution >= 0.6 is 12.2 Å². The van der Waals surface area contributed by atoms with E-state index in [0.29, 0.717) is 53.1 Å². The van der Waals surface area contributed by atoms with Crippen molar-refractivity contribution in [1.29, 1.82) is 0 Å². The molecule has 0 bridgehead atoms. The highest BCUT2D eigenvalue weighted by molar-refractivity contribution is 7.71. The predicted molar refractivity (Wildman–Crippen MR) is 105 cm³/mol. The number of carbonyl (C=O) groups is 1. The van der Waals surface area contributed by atoms with Crippen LogP contribution < -0.4 is 20.3 Å². The molecule has 1 aliphatic rings. The Morgan fingerprint density at radius 1 is 1.32 bits per heavy atom. The van der Waals surface area contributed by atoms with Crippen LogP contribution in [-0.4, -0.2) is 27.2 Å². The number of rotatable bonds is 6. The molecule has 8 nitrogen and oxygen atoms in total. The van der Waals surface area contributed by atoms with E-state index in [0.717, 1.165) is 5.56 Å². The molecule has 0 saturated carbocycles. The number of fused-ring (bicyclic) bond motifs is 2. The lowest BCUT2D eigenvalue weighted by Crippen LogP contribution is -2.25. The summed E-state index contributed by atoms with van der Waals surface area (Å²) in [5.74, 6) is 1.04. The number of aromatic nitrogens is 3. The topological polar surface area (TPSA) is 98.2 Å². The molecule has 3 heterocycles. The molecular formula is C19H18N4O4S. The molecule has 0 unspecified atom stereocenters. The SMILES string of the molecule is O=C(CCCn1c(=S)[nH]c2cc3c(cc2c1=O)OCO3)NCc1cccnc1. The number of amides is 1. The van der Waals surface area contributed by atoms with Crippen molar-refractivity contribution in [2.24, 2.45) is 0 Å². The van der Waals surface area contributed by atoms with Crippen LogP contribution in [0.2, 0.25) is 0 Å². The molecule has 0 radical (unpaired) electrons. The Balaban J connectivity index is 1.42. The van der Waals surface area contributed by atoms with Crippen molar-refractivity contribution in [2.75, 3.05) is 6.79 Å².